The van der Waals surface area contributed by atoms with Gasteiger partial charge >= 0.3 is 0 Å². The average molecular weight is 472 g/mol. The normalized spacial score (nSPS) is 17.9. The molecule has 0 spiro atoms. The molecule has 0 unspecified atom stereocenters. The topological polar surface area (TPSA) is 66.5 Å². The Morgan fingerprint density at radius 1 is 1.19 bits per heavy atom. The number of carbonyl (C=O) groups is 1. The summed E-state index contributed by atoms with van der Waals surface area (Å²) in [4.78, 5) is 13.0. The molecule has 2 aromatic carbocycles. The van der Waals surface area contributed by atoms with Gasteiger partial charge in [0.2, 0.25) is 15.9 Å². The molecule has 27 heavy (non-hydrogen) atoms. The van der Waals surface area contributed by atoms with Crippen molar-refractivity contribution in [2.45, 2.75) is 37.6 Å². The van der Waals surface area contributed by atoms with Crippen LogP contribution in [0.15, 0.2) is 45.8 Å². The van der Waals surface area contributed by atoms with Crippen LogP contribution in [0.3, 0.4) is 0 Å². The first-order chi connectivity index (χ1) is 12.7. The lowest BCUT2D eigenvalue weighted by Gasteiger charge is -2.24. The number of hydrogen-bond donors (Lipinski definition) is 1. The average Bonchev–Trinajstić information content (AvgIpc) is 3.09. The zero-order valence-electron chi connectivity index (χ0n) is 15.0. The number of halogens is 2. The van der Waals surface area contributed by atoms with Crippen molar-refractivity contribution in [3.05, 3.63) is 57.0 Å². The van der Waals surface area contributed by atoms with Gasteiger partial charge < -0.3 is 5.32 Å². The molecular formula is C19H20BrClN2O3S. The summed E-state index contributed by atoms with van der Waals surface area (Å²) in [7, 11) is -3.76. The van der Waals surface area contributed by atoms with E-state index in [9.17, 15) is 13.2 Å². The lowest BCUT2D eigenvalue weighted by atomic mass is 10.1. The number of aryl methyl sites for hydroxylation is 2. The third kappa shape index (κ3) is 4.21. The molecule has 1 N–H and O–H groups in total. The van der Waals surface area contributed by atoms with Gasteiger partial charge in [0, 0.05) is 21.7 Å². The monoisotopic (exact) mass is 470 g/mol. The predicted octanol–water partition coefficient (Wildman–Crippen LogP) is 4.51. The molecule has 1 saturated heterocycles. The molecule has 1 amide bonds. The summed E-state index contributed by atoms with van der Waals surface area (Å²) >= 11 is 9.29. The summed E-state index contributed by atoms with van der Waals surface area (Å²) < 4.78 is 28.2. The highest BCUT2D eigenvalue weighted by Gasteiger charge is 2.39. The highest BCUT2D eigenvalue weighted by molar-refractivity contribution is 9.10. The van der Waals surface area contributed by atoms with Gasteiger partial charge in [0.15, 0.2) is 0 Å². The fraction of sp³-hybridized carbons (Fsp3) is 0.316. The largest absolute Gasteiger partial charge is 0.324 e. The lowest BCUT2D eigenvalue weighted by Crippen LogP contribution is -2.43. The van der Waals surface area contributed by atoms with E-state index in [1.54, 1.807) is 0 Å². The van der Waals surface area contributed by atoms with Crippen molar-refractivity contribution in [3.63, 3.8) is 0 Å². The Balaban J connectivity index is 1.86. The lowest BCUT2D eigenvalue weighted by molar-refractivity contribution is -0.119. The Labute approximate surface area is 172 Å². The Bertz CT molecular complexity index is 954. The summed E-state index contributed by atoms with van der Waals surface area (Å²) in [5, 5.41) is 3.39. The first-order valence-corrected chi connectivity index (χ1v) is 11.2. The molecule has 3 rings (SSSR count). The first-order valence-electron chi connectivity index (χ1n) is 8.55. The van der Waals surface area contributed by atoms with Crippen LogP contribution in [0, 0.1) is 13.8 Å². The van der Waals surface area contributed by atoms with E-state index in [0.717, 1.165) is 21.3 Å². The Morgan fingerprint density at radius 3 is 2.37 bits per heavy atom. The predicted molar refractivity (Wildman–Crippen MR) is 111 cm³/mol. The number of hydrogen-bond acceptors (Lipinski definition) is 3. The van der Waals surface area contributed by atoms with E-state index < -0.39 is 16.1 Å². The van der Waals surface area contributed by atoms with E-state index in [-0.39, 0.29) is 10.8 Å². The molecule has 1 heterocycles. The van der Waals surface area contributed by atoms with Crippen molar-refractivity contribution in [3.8, 4) is 0 Å². The Morgan fingerprint density at radius 2 is 1.78 bits per heavy atom. The minimum atomic E-state index is -3.76. The van der Waals surface area contributed by atoms with Crippen molar-refractivity contribution in [1.29, 1.82) is 0 Å². The maximum Gasteiger partial charge on any atom is 0.243 e. The number of nitrogens with one attached hydrogen (secondary N) is 1. The molecule has 5 nitrogen and oxygen atoms in total. The second-order valence-electron chi connectivity index (χ2n) is 6.63. The van der Waals surface area contributed by atoms with Crippen molar-refractivity contribution < 1.29 is 13.2 Å². The van der Waals surface area contributed by atoms with E-state index in [4.69, 9.17) is 11.6 Å². The van der Waals surface area contributed by atoms with Gasteiger partial charge in [-0.1, -0.05) is 27.5 Å². The highest BCUT2D eigenvalue weighted by atomic mass is 79.9. The van der Waals surface area contributed by atoms with Gasteiger partial charge in [0.1, 0.15) is 6.04 Å². The minimum Gasteiger partial charge on any atom is -0.324 e. The number of benzene rings is 2. The van der Waals surface area contributed by atoms with Gasteiger partial charge in [-0.05, 0) is 74.2 Å². The molecule has 1 aliphatic rings. The van der Waals surface area contributed by atoms with Crippen molar-refractivity contribution in [1.82, 2.24) is 4.31 Å². The summed E-state index contributed by atoms with van der Waals surface area (Å²) in [6.07, 6.45) is 1.14. The van der Waals surface area contributed by atoms with Gasteiger partial charge in [0.05, 0.1) is 4.90 Å². The van der Waals surface area contributed by atoms with Crippen LogP contribution in [0.25, 0.3) is 0 Å². The Hall–Kier alpha value is -1.41. The zero-order valence-corrected chi connectivity index (χ0v) is 18.2. The van der Waals surface area contributed by atoms with Gasteiger partial charge in [0.25, 0.3) is 0 Å². The molecule has 8 heteroatoms. The number of nitrogens with zero attached hydrogens (tertiary/aromatic N) is 1. The first kappa shape index (κ1) is 20.3. The van der Waals surface area contributed by atoms with Crippen LogP contribution in [0.1, 0.15) is 24.0 Å². The smallest absolute Gasteiger partial charge is 0.243 e. The van der Waals surface area contributed by atoms with Crippen molar-refractivity contribution in [2.24, 2.45) is 0 Å². The molecule has 144 valence electrons. The molecule has 2 aromatic rings. The molecule has 0 bridgehead atoms. The molecule has 0 radical (unpaired) electrons. The third-order valence-corrected chi connectivity index (χ3v) is 7.30. The second kappa shape index (κ2) is 7.91. The maximum atomic E-state index is 13.0. The van der Waals surface area contributed by atoms with E-state index in [1.165, 1.54) is 28.6 Å². The Kier molecular flexibility index (Phi) is 5.96. The van der Waals surface area contributed by atoms with Crippen LogP contribution >= 0.6 is 27.5 Å². The maximum absolute atomic E-state index is 13.0. The molecule has 0 aromatic heterocycles. The zero-order chi connectivity index (χ0) is 19.8. The van der Waals surface area contributed by atoms with Gasteiger partial charge in [-0.25, -0.2) is 8.42 Å². The number of sulfonamides is 1. The van der Waals surface area contributed by atoms with Crippen LogP contribution in [-0.4, -0.2) is 31.2 Å². The molecular weight excluding hydrogens is 452 g/mol. The highest BCUT2D eigenvalue weighted by Crippen LogP contribution is 2.30. The minimum absolute atomic E-state index is 0.141. The standard InChI is InChI=1S/C19H20BrClN2O3S/c1-12-10-14(20)11-13(2)18(12)22-19(24)17-4-3-9-23(17)27(25,26)16-7-5-15(21)6-8-16/h5-8,10-11,17H,3-4,9H2,1-2H3,(H,22,24)/t17-/m0/s1. The van der Waals surface area contributed by atoms with Gasteiger partial charge in [-0.15, -0.1) is 0 Å². The molecule has 1 aliphatic heterocycles. The summed E-state index contributed by atoms with van der Waals surface area (Å²) in [6, 6.07) is 9.11. The summed E-state index contributed by atoms with van der Waals surface area (Å²) in [5.74, 6) is -0.307. The van der Waals surface area contributed by atoms with Crippen LogP contribution in [0.4, 0.5) is 5.69 Å². The second-order valence-corrected chi connectivity index (χ2v) is 9.87. The number of rotatable bonds is 4. The fourth-order valence-electron chi connectivity index (χ4n) is 3.35. The van der Waals surface area contributed by atoms with Crippen LogP contribution in [0.2, 0.25) is 5.02 Å². The number of anilines is 1. The fourth-order valence-corrected chi connectivity index (χ4v) is 5.82. The number of carbonyl (C=O) groups excluding carboxylic acids is 1. The third-order valence-electron chi connectivity index (χ3n) is 4.67. The van der Waals surface area contributed by atoms with Crippen LogP contribution in [-0.2, 0) is 14.8 Å². The van der Waals surface area contributed by atoms with E-state index in [1.807, 2.05) is 26.0 Å². The quantitative estimate of drug-likeness (QED) is 0.713. The van der Waals surface area contributed by atoms with Crippen molar-refractivity contribution in [2.75, 3.05) is 11.9 Å². The summed E-state index contributed by atoms with van der Waals surface area (Å²) in [5.41, 5.74) is 2.56. The van der Waals surface area contributed by atoms with E-state index >= 15 is 0 Å². The molecule has 1 fully saturated rings. The molecule has 0 aliphatic carbocycles. The van der Waals surface area contributed by atoms with Gasteiger partial charge in [-0.2, -0.15) is 4.31 Å². The SMILES string of the molecule is Cc1cc(Br)cc(C)c1NC(=O)[C@@H]1CCCN1S(=O)(=O)c1ccc(Cl)cc1. The molecule has 0 saturated carbocycles. The van der Waals surface area contributed by atoms with Gasteiger partial charge in [-0.3, -0.25) is 4.79 Å². The van der Waals surface area contributed by atoms with E-state index in [2.05, 4.69) is 21.2 Å². The summed E-state index contributed by atoms with van der Waals surface area (Å²) in [6.45, 7) is 4.13. The number of amides is 1. The molecule has 1 atom stereocenters. The van der Waals surface area contributed by atoms with E-state index in [0.29, 0.717) is 24.4 Å². The van der Waals surface area contributed by atoms with Crippen LogP contribution < -0.4 is 5.32 Å². The van der Waals surface area contributed by atoms with Crippen LogP contribution in [0.5, 0.6) is 0 Å². The van der Waals surface area contributed by atoms with Crippen molar-refractivity contribution >= 4 is 49.1 Å².